The summed E-state index contributed by atoms with van der Waals surface area (Å²) >= 11 is 5.78. The second-order valence-electron chi connectivity index (χ2n) is 4.02. The number of amides is 1. The Balaban J connectivity index is 2.29. The Morgan fingerprint density at radius 3 is 2.80 bits per heavy atom. The average molecular weight is 292 g/mol. The van der Waals surface area contributed by atoms with Gasteiger partial charge in [0.05, 0.1) is 16.2 Å². The summed E-state index contributed by atoms with van der Waals surface area (Å²) in [5, 5.41) is 13.8. The van der Waals surface area contributed by atoms with Crippen LogP contribution in [0.1, 0.15) is 16.1 Å². The molecule has 1 N–H and O–H groups in total. The molecule has 0 saturated heterocycles. The molecular formula is C13H10ClN3O3. The lowest BCUT2D eigenvalue weighted by atomic mass is 10.1. The highest BCUT2D eigenvalue weighted by Crippen LogP contribution is 2.25. The predicted molar refractivity (Wildman–Crippen MR) is 75.0 cm³/mol. The van der Waals surface area contributed by atoms with E-state index in [2.05, 4.69) is 10.3 Å². The fourth-order valence-corrected chi connectivity index (χ4v) is 1.83. The van der Waals surface area contributed by atoms with Crippen LogP contribution in [0.3, 0.4) is 0 Å². The maximum absolute atomic E-state index is 12.0. The van der Waals surface area contributed by atoms with E-state index in [4.69, 9.17) is 11.6 Å². The standard InChI is InChI=1S/C13H10ClN3O3/c1-8-10(3-2-4-12(8)17(19)20)16-13(18)11-7-9(14)5-6-15-11/h2-7H,1H3,(H,16,18). The molecule has 0 unspecified atom stereocenters. The van der Waals surface area contributed by atoms with Crippen molar-refractivity contribution >= 4 is 28.9 Å². The zero-order chi connectivity index (χ0) is 14.7. The van der Waals surface area contributed by atoms with Gasteiger partial charge in [0, 0.05) is 17.3 Å². The summed E-state index contributed by atoms with van der Waals surface area (Å²) in [7, 11) is 0. The first-order chi connectivity index (χ1) is 9.49. The average Bonchev–Trinajstić information content (AvgIpc) is 2.40. The smallest absolute Gasteiger partial charge is 0.274 e. The van der Waals surface area contributed by atoms with Gasteiger partial charge >= 0.3 is 0 Å². The Bertz CT molecular complexity index is 688. The summed E-state index contributed by atoms with van der Waals surface area (Å²) in [5.74, 6) is -0.476. The molecule has 1 amide bonds. The number of pyridine rings is 1. The SMILES string of the molecule is Cc1c(NC(=O)c2cc(Cl)ccn2)cccc1[N+](=O)[O-]. The van der Waals surface area contributed by atoms with Crippen LogP contribution in [0.25, 0.3) is 0 Å². The minimum absolute atomic E-state index is 0.0538. The number of nitro groups is 1. The first-order valence-corrected chi connectivity index (χ1v) is 6.04. The second-order valence-corrected chi connectivity index (χ2v) is 4.46. The first kappa shape index (κ1) is 14.0. The monoisotopic (exact) mass is 291 g/mol. The summed E-state index contributed by atoms with van der Waals surface area (Å²) in [6.45, 7) is 1.57. The van der Waals surface area contributed by atoms with Crippen LogP contribution >= 0.6 is 11.6 Å². The van der Waals surface area contributed by atoms with Crippen molar-refractivity contribution in [1.29, 1.82) is 0 Å². The van der Waals surface area contributed by atoms with Crippen molar-refractivity contribution in [3.63, 3.8) is 0 Å². The Hall–Kier alpha value is -2.47. The van der Waals surface area contributed by atoms with E-state index in [9.17, 15) is 14.9 Å². The molecule has 2 aromatic rings. The number of nitrogens with one attached hydrogen (secondary N) is 1. The zero-order valence-electron chi connectivity index (χ0n) is 10.5. The molecule has 102 valence electrons. The van der Waals surface area contributed by atoms with Crippen LogP contribution < -0.4 is 5.32 Å². The van der Waals surface area contributed by atoms with E-state index in [1.54, 1.807) is 19.1 Å². The molecule has 7 heteroatoms. The van der Waals surface area contributed by atoms with E-state index in [1.807, 2.05) is 0 Å². The minimum atomic E-state index is -0.497. The van der Waals surface area contributed by atoms with Gasteiger partial charge in [-0.15, -0.1) is 0 Å². The first-order valence-electron chi connectivity index (χ1n) is 5.66. The Labute approximate surface area is 119 Å². The Kier molecular flexibility index (Phi) is 3.95. The quantitative estimate of drug-likeness (QED) is 0.695. The van der Waals surface area contributed by atoms with E-state index in [-0.39, 0.29) is 11.4 Å². The van der Waals surface area contributed by atoms with Crippen molar-refractivity contribution in [2.45, 2.75) is 6.92 Å². The van der Waals surface area contributed by atoms with Crippen molar-refractivity contribution in [2.75, 3.05) is 5.32 Å². The molecule has 0 aliphatic carbocycles. The van der Waals surface area contributed by atoms with Gasteiger partial charge in [-0.3, -0.25) is 19.9 Å². The van der Waals surface area contributed by atoms with Gasteiger partial charge in [-0.1, -0.05) is 17.7 Å². The summed E-state index contributed by atoms with van der Waals surface area (Å²) in [6.07, 6.45) is 1.41. The molecule has 2 rings (SSSR count). The van der Waals surface area contributed by atoms with Crippen LogP contribution in [-0.4, -0.2) is 15.8 Å². The van der Waals surface area contributed by atoms with Crippen LogP contribution in [-0.2, 0) is 0 Å². The van der Waals surface area contributed by atoms with E-state index < -0.39 is 10.8 Å². The van der Waals surface area contributed by atoms with Gasteiger partial charge in [0.1, 0.15) is 5.69 Å². The molecule has 0 fully saturated rings. The fourth-order valence-electron chi connectivity index (χ4n) is 1.67. The molecular weight excluding hydrogens is 282 g/mol. The van der Waals surface area contributed by atoms with Crippen molar-refractivity contribution in [3.05, 3.63) is 62.9 Å². The van der Waals surface area contributed by atoms with Crippen molar-refractivity contribution < 1.29 is 9.72 Å². The zero-order valence-corrected chi connectivity index (χ0v) is 11.2. The summed E-state index contributed by atoms with van der Waals surface area (Å²) in [5.41, 5.74) is 0.837. The highest BCUT2D eigenvalue weighted by Gasteiger charge is 2.16. The number of hydrogen-bond donors (Lipinski definition) is 1. The van der Waals surface area contributed by atoms with Gasteiger partial charge in [-0.2, -0.15) is 0 Å². The number of anilines is 1. The largest absolute Gasteiger partial charge is 0.320 e. The van der Waals surface area contributed by atoms with Gasteiger partial charge < -0.3 is 5.32 Å². The highest BCUT2D eigenvalue weighted by atomic mass is 35.5. The summed E-state index contributed by atoms with van der Waals surface area (Å²) < 4.78 is 0. The molecule has 0 atom stereocenters. The lowest BCUT2D eigenvalue weighted by Crippen LogP contribution is -2.14. The molecule has 0 radical (unpaired) electrons. The third-order valence-corrected chi connectivity index (χ3v) is 2.94. The molecule has 1 aromatic heterocycles. The predicted octanol–water partition coefficient (Wildman–Crippen LogP) is 3.20. The van der Waals surface area contributed by atoms with Gasteiger partial charge in [0.15, 0.2) is 0 Å². The number of carbonyl (C=O) groups excluding carboxylic acids is 1. The number of carbonyl (C=O) groups is 1. The molecule has 1 aromatic carbocycles. The molecule has 0 aliphatic heterocycles. The third-order valence-electron chi connectivity index (χ3n) is 2.70. The van der Waals surface area contributed by atoms with Gasteiger partial charge in [0.25, 0.3) is 11.6 Å². The van der Waals surface area contributed by atoms with Crippen LogP contribution in [0.5, 0.6) is 0 Å². The lowest BCUT2D eigenvalue weighted by Gasteiger charge is -2.08. The number of aromatic nitrogens is 1. The molecule has 0 spiro atoms. The number of nitrogens with zero attached hydrogens (tertiary/aromatic N) is 2. The van der Waals surface area contributed by atoms with Crippen LogP contribution in [0.15, 0.2) is 36.5 Å². The number of nitro benzene ring substituents is 1. The topological polar surface area (TPSA) is 85.1 Å². The van der Waals surface area contributed by atoms with Crippen LogP contribution in [0, 0.1) is 17.0 Å². The molecule has 6 nitrogen and oxygen atoms in total. The van der Waals surface area contributed by atoms with Gasteiger partial charge in [0.2, 0.25) is 0 Å². The minimum Gasteiger partial charge on any atom is -0.320 e. The van der Waals surface area contributed by atoms with Crippen LogP contribution in [0.4, 0.5) is 11.4 Å². The summed E-state index contributed by atoms with van der Waals surface area (Å²) in [6, 6.07) is 7.44. The normalized spacial score (nSPS) is 10.1. The number of rotatable bonds is 3. The van der Waals surface area contributed by atoms with Crippen LogP contribution in [0.2, 0.25) is 5.02 Å². The van der Waals surface area contributed by atoms with Crippen molar-refractivity contribution in [3.8, 4) is 0 Å². The molecule has 20 heavy (non-hydrogen) atoms. The second kappa shape index (κ2) is 5.66. The maximum Gasteiger partial charge on any atom is 0.274 e. The van der Waals surface area contributed by atoms with E-state index >= 15 is 0 Å². The highest BCUT2D eigenvalue weighted by molar-refractivity contribution is 6.30. The van der Waals surface area contributed by atoms with Gasteiger partial charge in [-0.25, -0.2) is 0 Å². The van der Waals surface area contributed by atoms with E-state index in [1.165, 1.54) is 24.4 Å². The maximum atomic E-state index is 12.0. The molecule has 0 aliphatic rings. The Morgan fingerprint density at radius 1 is 1.40 bits per heavy atom. The Morgan fingerprint density at radius 2 is 2.15 bits per heavy atom. The van der Waals surface area contributed by atoms with E-state index in [0.717, 1.165) is 0 Å². The third kappa shape index (κ3) is 2.92. The fraction of sp³-hybridized carbons (Fsp3) is 0.0769. The summed E-state index contributed by atoms with van der Waals surface area (Å²) in [4.78, 5) is 26.2. The lowest BCUT2D eigenvalue weighted by molar-refractivity contribution is -0.385. The number of halogens is 1. The van der Waals surface area contributed by atoms with Crippen molar-refractivity contribution in [1.82, 2.24) is 4.98 Å². The molecule has 0 bridgehead atoms. The molecule has 1 heterocycles. The number of benzene rings is 1. The molecule has 0 saturated carbocycles. The van der Waals surface area contributed by atoms with Gasteiger partial charge in [-0.05, 0) is 25.1 Å². The van der Waals surface area contributed by atoms with E-state index in [0.29, 0.717) is 16.3 Å². The number of hydrogen-bond acceptors (Lipinski definition) is 4. The van der Waals surface area contributed by atoms with Crippen molar-refractivity contribution in [2.24, 2.45) is 0 Å².